The van der Waals surface area contributed by atoms with E-state index in [1.165, 1.54) is 4.90 Å². The van der Waals surface area contributed by atoms with Gasteiger partial charge in [-0.15, -0.1) is 0 Å². The van der Waals surface area contributed by atoms with E-state index in [-0.39, 0.29) is 17.3 Å². The molecule has 2 aromatic carbocycles. The van der Waals surface area contributed by atoms with E-state index in [0.717, 1.165) is 46.1 Å². The van der Waals surface area contributed by atoms with Crippen LogP contribution in [0.5, 0.6) is 11.5 Å². The summed E-state index contributed by atoms with van der Waals surface area (Å²) in [6.45, 7) is 7.54. The summed E-state index contributed by atoms with van der Waals surface area (Å²) in [5.41, 5.74) is 1.98. The summed E-state index contributed by atoms with van der Waals surface area (Å²) in [7, 11) is 0. The average molecular weight is 465 g/mol. The van der Waals surface area contributed by atoms with Crippen LogP contribution in [0.1, 0.15) is 32.8 Å². The lowest BCUT2D eigenvalue weighted by Crippen LogP contribution is -2.28. The fourth-order valence-electron chi connectivity index (χ4n) is 3.78. The molecule has 0 N–H and O–H groups in total. The van der Waals surface area contributed by atoms with Gasteiger partial charge in [0.2, 0.25) is 0 Å². The van der Waals surface area contributed by atoms with Crippen molar-refractivity contribution >= 4 is 39.9 Å². The van der Waals surface area contributed by atoms with Gasteiger partial charge in [0.15, 0.2) is 0 Å². The summed E-state index contributed by atoms with van der Waals surface area (Å²) >= 11 is 1.01. The highest BCUT2D eigenvalue weighted by molar-refractivity contribution is 8.18. The number of amides is 2. The second kappa shape index (κ2) is 10.2. The zero-order valence-corrected chi connectivity index (χ0v) is 19.9. The van der Waals surface area contributed by atoms with E-state index in [1.807, 2.05) is 81.6 Å². The predicted molar refractivity (Wildman–Crippen MR) is 133 cm³/mol. The smallest absolute Gasteiger partial charge is 0.293 e. The lowest BCUT2D eigenvalue weighted by atomic mass is 10.1. The highest BCUT2D eigenvalue weighted by Gasteiger charge is 2.34. The molecule has 1 saturated heterocycles. The minimum atomic E-state index is -0.211. The van der Waals surface area contributed by atoms with Crippen molar-refractivity contribution in [1.82, 2.24) is 9.47 Å². The van der Waals surface area contributed by atoms with Crippen LogP contribution in [0.4, 0.5) is 4.79 Å². The lowest BCUT2D eigenvalue weighted by Gasteiger charge is -2.11. The lowest BCUT2D eigenvalue weighted by molar-refractivity contribution is -0.122. The maximum absolute atomic E-state index is 12.6. The first kappa shape index (κ1) is 23.0. The molecule has 1 fully saturated rings. The van der Waals surface area contributed by atoms with Crippen LogP contribution in [0, 0.1) is 0 Å². The molecule has 1 aliphatic rings. The molecule has 4 rings (SSSR count). The fourth-order valence-corrected chi connectivity index (χ4v) is 4.64. The maximum atomic E-state index is 12.6. The molecule has 3 aromatic rings. The van der Waals surface area contributed by atoms with Crippen molar-refractivity contribution < 1.29 is 19.1 Å². The van der Waals surface area contributed by atoms with Gasteiger partial charge in [0.25, 0.3) is 11.1 Å². The molecule has 7 heteroatoms. The third kappa shape index (κ3) is 5.25. The Hall–Kier alpha value is -3.19. The number of carbonyl (C=O) groups is 2. The molecule has 172 valence electrons. The van der Waals surface area contributed by atoms with E-state index < -0.39 is 0 Å². The van der Waals surface area contributed by atoms with Gasteiger partial charge in [-0.3, -0.25) is 14.5 Å². The van der Waals surface area contributed by atoms with Crippen LogP contribution >= 0.6 is 11.8 Å². The number of carbonyl (C=O) groups excluding carboxylic acids is 2. The average Bonchev–Trinajstić information content (AvgIpc) is 3.27. The summed E-state index contributed by atoms with van der Waals surface area (Å²) in [4.78, 5) is 26.6. The molecule has 33 heavy (non-hydrogen) atoms. The Kier molecular flexibility index (Phi) is 7.08. The van der Waals surface area contributed by atoms with Gasteiger partial charge >= 0.3 is 0 Å². The molecule has 6 nitrogen and oxygen atoms in total. The quantitative estimate of drug-likeness (QED) is 0.366. The van der Waals surface area contributed by atoms with Crippen molar-refractivity contribution in [2.45, 2.75) is 39.8 Å². The Bertz CT molecular complexity index is 1180. The number of thioether (sulfide) groups is 1. The summed E-state index contributed by atoms with van der Waals surface area (Å²) < 4.78 is 13.7. The standard InChI is InChI=1S/C26H28N2O4S/c1-4-13-28-25(29)24(33-26(28)30)16-19-17-27(23-8-6-5-7-22(19)23)14-15-31-20-9-11-21(12-10-20)32-18(2)3/h5-12,16-18H,4,13-15H2,1-3H3/b24-16-. The number of hydrogen-bond donors (Lipinski definition) is 0. The number of aromatic nitrogens is 1. The molecule has 2 heterocycles. The number of imide groups is 1. The van der Waals surface area contributed by atoms with E-state index >= 15 is 0 Å². The zero-order chi connectivity index (χ0) is 23.4. The van der Waals surface area contributed by atoms with Crippen LogP contribution in [-0.2, 0) is 11.3 Å². The van der Waals surface area contributed by atoms with Gasteiger partial charge in [-0.1, -0.05) is 25.1 Å². The summed E-state index contributed by atoms with van der Waals surface area (Å²) in [6, 6.07) is 15.7. The molecule has 2 amide bonds. The van der Waals surface area contributed by atoms with E-state index in [0.29, 0.717) is 24.6 Å². The van der Waals surface area contributed by atoms with Crippen LogP contribution in [0.15, 0.2) is 59.6 Å². The summed E-state index contributed by atoms with van der Waals surface area (Å²) in [5.74, 6) is 1.39. The van der Waals surface area contributed by atoms with Crippen LogP contribution in [-0.4, -0.2) is 39.9 Å². The third-order valence-electron chi connectivity index (χ3n) is 5.22. The molecule has 0 atom stereocenters. The number of para-hydroxylation sites is 1. The molecular weight excluding hydrogens is 436 g/mol. The Balaban J connectivity index is 1.48. The SMILES string of the molecule is CCCN1C(=O)S/C(=C\c2cn(CCOc3ccc(OC(C)C)cc3)c3ccccc23)C1=O. The normalized spacial score (nSPS) is 15.3. The van der Waals surface area contributed by atoms with E-state index in [4.69, 9.17) is 9.47 Å². The number of hydrogen-bond acceptors (Lipinski definition) is 5. The number of benzene rings is 2. The number of fused-ring (bicyclic) bond motifs is 1. The first-order valence-corrected chi connectivity index (χ1v) is 12.0. The van der Waals surface area contributed by atoms with Crippen LogP contribution in [0.2, 0.25) is 0 Å². The number of nitrogens with zero attached hydrogens (tertiary/aromatic N) is 2. The van der Waals surface area contributed by atoms with Gasteiger partial charge < -0.3 is 14.0 Å². The summed E-state index contributed by atoms with van der Waals surface area (Å²) in [5, 5.41) is 0.838. The highest BCUT2D eigenvalue weighted by Crippen LogP contribution is 2.34. The third-order valence-corrected chi connectivity index (χ3v) is 6.13. The molecule has 0 bridgehead atoms. The molecule has 1 aliphatic heterocycles. The fraction of sp³-hybridized carbons (Fsp3) is 0.308. The van der Waals surface area contributed by atoms with Crippen molar-refractivity contribution in [3.8, 4) is 11.5 Å². The minimum absolute atomic E-state index is 0.133. The van der Waals surface area contributed by atoms with Crippen LogP contribution < -0.4 is 9.47 Å². The Morgan fingerprint density at radius 2 is 1.73 bits per heavy atom. The zero-order valence-electron chi connectivity index (χ0n) is 19.1. The van der Waals surface area contributed by atoms with E-state index in [9.17, 15) is 9.59 Å². The van der Waals surface area contributed by atoms with E-state index in [1.54, 1.807) is 0 Å². The van der Waals surface area contributed by atoms with Crippen molar-refractivity contribution in [3.05, 3.63) is 65.2 Å². The van der Waals surface area contributed by atoms with Gasteiger partial charge in [0.05, 0.1) is 17.6 Å². The van der Waals surface area contributed by atoms with Gasteiger partial charge in [0.1, 0.15) is 18.1 Å². The Morgan fingerprint density at radius 1 is 1.00 bits per heavy atom. The molecular formula is C26H28N2O4S. The Labute approximate surface area is 198 Å². The molecule has 0 unspecified atom stereocenters. The first-order chi connectivity index (χ1) is 16.0. The number of ether oxygens (including phenoxy) is 2. The highest BCUT2D eigenvalue weighted by atomic mass is 32.2. The molecule has 0 aliphatic carbocycles. The maximum Gasteiger partial charge on any atom is 0.293 e. The second-order valence-electron chi connectivity index (χ2n) is 8.11. The van der Waals surface area contributed by atoms with Gasteiger partial charge in [0, 0.05) is 29.2 Å². The number of rotatable bonds is 9. The summed E-state index contributed by atoms with van der Waals surface area (Å²) in [6.07, 6.45) is 4.72. The van der Waals surface area contributed by atoms with Crippen LogP contribution in [0.25, 0.3) is 17.0 Å². The molecule has 0 saturated carbocycles. The van der Waals surface area contributed by atoms with Gasteiger partial charge in [-0.2, -0.15) is 0 Å². The van der Waals surface area contributed by atoms with Crippen molar-refractivity contribution in [2.75, 3.05) is 13.2 Å². The largest absolute Gasteiger partial charge is 0.492 e. The topological polar surface area (TPSA) is 60.8 Å². The molecule has 1 aromatic heterocycles. The monoisotopic (exact) mass is 464 g/mol. The minimum Gasteiger partial charge on any atom is -0.492 e. The molecule has 0 radical (unpaired) electrons. The Morgan fingerprint density at radius 3 is 2.45 bits per heavy atom. The second-order valence-corrected chi connectivity index (χ2v) is 9.11. The van der Waals surface area contributed by atoms with E-state index in [2.05, 4.69) is 4.57 Å². The van der Waals surface area contributed by atoms with Gasteiger partial charge in [-0.25, -0.2) is 0 Å². The first-order valence-electron chi connectivity index (χ1n) is 11.2. The van der Waals surface area contributed by atoms with Crippen molar-refractivity contribution in [2.24, 2.45) is 0 Å². The van der Waals surface area contributed by atoms with Gasteiger partial charge in [-0.05, 0) is 68.4 Å². The van der Waals surface area contributed by atoms with Crippen molar-refractivity contribution in [1.29, 1.82) is 0 Å². The molecule has 0 spiro atoms. The van der Waals surface area contributed by atoms with Crippen LogP contribution in [0.3, 0.4) is 0 Å². The van der Waals surface area contributed by atoms with Crippen molar-refractivity contribution in [3.63, 3.8) is 0 Å². The predicted octanol–water partition coefficient (Wildman–Crippen LogP) is 5.95.